The van der Waals surface area contributed by atoms with E-state index >= 15 is 0 Å². The molecule has 1 saturated carbocycles. The molecule has 1 aliphatic carbocycles. The zero-order valence-electron chi connectivity index (χ0n) is 19.0. The third-order valence-electron chi connectivity index (χ3n) is 4.18. The van der Waals surface area contributed by atoms with Crippen LogP contribution in [0, 0.1) is 13.8 Å². The molecule has 2 rings (SSSR count). The van der Waals surface area contributed by atoms with Crippen LogP contribution in [0.2, 0.25) is 0 Å². The van der Waals surface area contributed by atoms with Crippen molar-refractivity contribution in [2.75, 3.05) is 26.0 Å². The number of thioether (sulfide) groups is 2. The maximum Gasteiger partial charge on any atom is 0.230 e. The van der Waals surface area contributed by atoms with E-state index < -0.39 is 0 Å². The van der Waals surface area contributed by atoms with Gasteiger partial charge >= 0.3 is 0 Å². The topological polar surface area (TPSA) is 38.3 Å². The molecule has 28 heavy (non-hydrogen) atoms. The summed E-state index contributed by atoms with van der Waals surface area (Å²) in [5.74, 6) is 0.677. The molecule has 0 heterocycles. The predicted molar refractivity (Wildman–Crippen MR) is 128 cm³/mol. The van der Waals surface area contributed by atoms with Crippen LogP contribution in [0.1, 0.15) is 64.5 Å². The Bertz CT molecular complexity index is 517. The molecular formula is C23H41NO2S2. The summed E-state index contributed by atoms with van der Waals surface area (Å²) >= 11 is 3.83. The fraction of sp³-hybridized carbons (Fsp3) is 0.696. The normalized spacial score (nSPS) is 18.2. The van der Waals surface area contributed by atoms with Gasteiger partial charge in [0.05, 0.1) is 12.4 Å². The number of aryl methyl sites for hydroxylation is 2. The van der Waals surface area contributed by atoms with E-state index in [9.17, 15) is 4.79 Å². The van der Waals surface area contributed by atoms with E-state index in [2.05, 4.69) is 37.4 Å². The minimum Gasteiger partial charge on any atom is -0.383 e. The van der Waals surface area contributed by atoms with Crippen LogP contribution >= 0.6 is 23.5 Å². The highest BCUT2D eigenvalue weighted by atomic mass is 32.2. The fourth-order valence-corrected chi connectivity index (χ4v) is 6.07. The first-order valence-electron chi connectivity index (χ1n) is 10.7. The zero-order valence-corrected chi connectivity index (χ0v) is 20.6. The van der Waals surface area contributed by atoms with Gasteiger partial charge in [0.25, 0.3) is 0 Å². The molecule has 0 bridgehead atoms. The Morgan fingerprint density at radius 1 is 1.04 bits per heavy atom. The maximum absolute atomic E-state index is 11.9. The molecule has 5 heteroatoms. The lowest BCUT2D eigenvalue weighted by Crippen LogP contribution is -2.31. The largest absolute Gasteiger partial charge is 0.383 e. The summed E-state index contributed by atoms with van der Waals surface area (Å²) in [7, 11) is 1.65. The summed E-state index contributed by atoms with van der Waals surface area (Å²) in [6.45, 7) is 13.5. The number of carbonyl (C=O) groups excluding carboxylic acids is 1. The third kappa shape index (κ3) is 11.4. The Morgan fingerprint density at radius 2 is 1.61 bits per heavy atom. The van der Waals surface area contributed by atoms with Crippen molar-refractivity contribution in [1.82, 2.24) is 5.32 Å². The van der Waals surface area contributed by atoms with Crippen molar-refractivity contribution in [3.8, 4) is 0 Å². The molecular weight excluding hydrogens is 386 g/mol. The average Bonchev–Trinajstić information content (AvgIpc) is 2.70. The zero-order chi connectivity index (χ0) is 21.4. The van der Waals surface area contributed by atoms with E-state index in [-0.39, 0.29) is 5.91 Å². The summed E-state index contributed by atoms with van der Waals surface area (Å²) in [5.41, 5.74) is 2.66. The number of amides is 1. The molecule has 0 saturated heterocycles. The number of benzene rings is 1. The van der Waals surface area contributed by atoms with Gasteiger partial charge in [0.15, 0.2) is 0 Å². The maximum atomic E-state index is 11.9. The van der Waals surface area contributed by atoms with Gasteiger partial charge in [0.2, 0.25) is 5.91 Å². The first kappa shape index (κ1) is 27.4. The summed E-state index contributed by atoms with van der Waals surface area (Å²) in [6, 6.07) is 6.79. The van der Waals surface area contributed by atoms with Gasteiger partial charge in [-0.05, 0) is 49.9 Å². The van der Waals surface area contributed by atoms with Crippen molar-refractivity contribution in [3.63, 3.8) is 0 Å². The van der Waals surface area contributed by atoms with Crippen LogP contribution in [-0.4, -0.2) is 42.4 Å². The van der Waals surface area contributed by atoms with Crippen molar-refractivity contribution in [2.45, 2.75) is 82.6 Å². The van der Waals surface area contributed by atoms with Crippen LogP contribution in [-0.2, 0) is 9.53 Å². The second-order valence-corrected chi connectivity index (χ2v) is 9.00. The first-order chi connectivity index (χ1) is 13.6. The van der Waals surface area contributed by atoms with E-state index in [1.807, 2.05) is 51.2 Å². The lowest BCUT2D eigenvalue weighted by atomic mass is 10.00. The molecule has 1 fully saturated rings. The molecule has 162 valence electrons. The van der Waals surface area contributed by atoms with Crippen molar-refractivity contribution >= 4 is 29.4 Å². The molecule has 1 aliphatic rings. The monoisotopic (exact) mass is 427 g/mol. The van der Waals surface area contributed by atoms with Crippen LogP contribution < -0.4 is 5.32 Å². The second kappa shape index (κ2) is 17.2. The van der Waals surface area contributed by atoms with E-state index in [0.717, 1.165) is 0 Å². The fourth-order valence-electron chi connectivity index (χ4n) is 3.09. The van der Waals surface area contributed by atoms with E-state index in [1.54, 1.807) is 7.11 Å². The van der Waals surface area contributed by atoms with Gasteiger partial charge in [-0.25, -0.2) is 0 Å². The molecule has 0 radical (unpaired) electrons. The Labute approximate surface area is 182 Å². The van der Waals surface area contributed by atoms with E-state index in [4.69, 9.17) is 4.74 Å². The van der Waals surface area contributed by atoms with Gasteiger partial charge in [-0.2, -0.15) is 0 Å². The smallest absolute Gasteiger partial charge is 0.230 e. The molecule has 2 atom stereocenters. The third-order valence-corrected chi connectivity index (χ3v) is 7.15. The van der Waals surface area contributed by atoms with Crippen LogP contribution in [0.15, 0.2) is 23.1 Å². The first-order valence-corrected chi connectivity index (χ1v) is 12.6. The Balaban J connectivity index is 0.00000171. The van der Waals surface area contributed by atoms with Gasteiger partial charge in [0, 0.05) is 29.0 Å². The summed E-state index contributed by atoms with van der Waals surface area (Å²) in [5, 5.41) is 4.09. The van der Waals surface area contributed by atoms with Crippen molar-refractivity contribution < 1.29 is 9.53 Å². The lowest BCUT2D eigenvalue weighted by Gasteiger charge is -2.30. The van der Waals surface area contributed by atoms with Gasteiger partial charge in [-0.3, -0.25) is 4.79 Å². The van der Waals surface area contributed by atoms with Gasteiger partial charge in [0.1, 0.15) is 0 Å². The van der Waals surface area contributed by atoms with Gasteiger partial charge < -0.3 is 10.1 Å². The SMILES string of the molecule is CC.CC.COCCNC(=O)CS[C@H]1CCCC[C@@H]1Sc1cc(C)cc(C)c1. The molecule has 0 aromatic heterocycles. The van der Waals surface area contributed by atoms with E-state index in [0.29, 0.717) is 29.4 Å². The molecule has 1 N–H and O–H groups in total. The number of carbonyl (C=O) groups is 1. The second-order valence-electron chi connectivity index (χ2n) is 6.46. The number of ether oxygens (including phenoxy) is 1. The Kier molecular flexibility index (Phi) is 16.8. The molecule has 0 unspecified atom stereocenters. The van der Waals surface area contributed by atoms with Crippen LogP contribution in [0.25, 0.3) is 0 Å². The lowest BCUT2D eigenvalue weighted by molar-refractivity contribution is -0.118. The molecule has 3 nitrogen and oxygen atoms in total. The van der Waals surface area contributed by atoms with Crippen molar-refractivity contribution in [3.05, 3.63) is 29.3 Å². The standard InChI is InChI=1S/C19H29NO2S2.2C2H6/c1-14-10-15(2)12-16(11-14)24-18-7-5-4-6-17(18)23-13-19(21)20-8-9-22-3;2*1-2/h10-12,17-18H,4-9,13H2,1-3H3,(H,20,21);2*1-2H3/t17-,18-;;/m0../s1. The van der Waals surface area contributed by atoms with Crippen molar-refractivity contribution in [2.24, 2.45) is 0 Å². The minimum atomic E-state index is 0.123. The van der Waals surface area contributed by atoms with Crippen LogP contribution in [0.4, 0.5) is 0 Å². The summed E-state index contributed by atoms with van der Waals surface area (Å²) in [6.07, 6.45) is 5.06. The van der Waals surface area contributed by atoms with Crippen molar-refractivity contribution in [1.29, 1.82) is 0 Å². The highest BCUT2D eigenvalue weighted by Gasteiger charge is 2.27. The highest BCUT2D eigenvalue weighted by molar-refractivity contribution is 8.04. The van der Waals surface area contributed by atoms with Gasteiger partial charge in [-0.15, -0.1) is 23.5 Å². The molecule has 1 amide bonds. The number of hydrogen-bond donors (Lipinski definition) is 1. The number of methoxy groups -OCH3 is 1. The predicted octanol–water partition coefficient (Wildman–Crippen LogP) is 6.25. The Hall–Kier alpha value is -0.650. The average molecular weight is 428 g/mol. The minimum absolute atomic E-state index is 0.123. The van der Waals surface area contributed by atoms with Gasteiger partial charge in [-0.1, -0.05) is 46.6 Å². The van der Waals surface area contributed by atoms with Crippen LogP contribution in [0.5, 0.6) is 0 Å². The Morgan fingerprint density at radius 3 is 2.18 bits per heavy atom. The van der Waals surface area contributed by atoms with E-state index in [1.165, 1.54) is 41.7 Å². The van der Waals surface area contributed by atoms with Crippen LogP contribution in [0.3, 0.4) is 0 Å². The molecule has 0 aliphatic heterocycles. The quantitative estimate of drug-likeness (QED) is 0.497. The molecule has 1 aromatic rings. The molecule has 1 aromatic carbocycles. The summed E-state index contributed by atoms with van der Waals surface area (Å²) < 4.78 is 4.96. The number of rotatable bonds is 8. The number of hydrogen-bond acceptors (Lipinski definition) is 4. The number of nitrogens with one attached hydrogen (secondary N) is 1. The highest BCUT2D eigenvalue weighted by Crippen LogP contribution is 2.39. The molecule has 0 spiro atoms. The summed E-state index contributed by atoms with van der Waals surface area (Å²) in [4.78, 5) is 13.3.